The number of methoxy groups -OCH3 is 1. The number of aromatic amines is 1. The van der Waals surface area contributed by atoms with Gasteiger partial charge in [0.2, 0.25) is 0 Å². The van der Waals surface area contributed by atoms with Crippen LogP contribution in [0.15, 0.2) is 0 Å². The van der Waals surface area contributed by atoms with Crippen LogP contribution < -0.4 is 5.73 Å². The molecule has 0 bridgehead atoms. The fourth-order valence-electron chi connectivity index (χ4n) is 2.32. The van der Waals surface area contributed by atoms with E-state index in [0.717, 1.165) is 36.1 Å². The lowest BCUT2D eigenvalue weighted by Gasteiger charge is -2.19. The number of aromatic nitrogens is 1. The Kier molecular flexibility index (Phi) is 2.52. The van der Waals surface area contributed by atoms with Crippen LogP contribution in [-0.4, -0.2) is 18.1 Å². The number of nitrogens with two attached hydrogens (primary N) is 1. The summed E-state index contributed by atoms with van der Waals surface area (Å²) in [5, 5.41) is 0. The summed E-state index contributed by atoms with van der Waals surface area (Å²) in [6, 6.07) is 0.0587. The van der Waals surface area contributed by atoms with Gasteiger partial charge in [0, 0.05) is 11.7 Å². The van der Waals surface area contributed by atoms with Crippen LogP contribution in [0.5, 0.6) is 0 Å². The maximum atomic E-state index is 11.5. The third kappa shape index (κ3) is 1.55. The molecule has 3 N–H and O–H groups in total. The molecule has 0 radical (unpaired) electrons. The number of fused-ring (bicyclic) bond motifs is 1. The standard InChI is InChI=1S/C11H16N2O2/c1-6-9-7(12)4-3-5-8(9)13-10(6)11(14)15-2/h7,13H,3-5,12H2,1-2H3. The lowest BCUT2D eigenvalue weighted by atomic mass is 9.91. The summed E-state index contributed by atoms with van der Waals surface area (Å²) in [6.07, 6.45) is 3.04. The van der Waals surface area contributed by atoms with E-state index in [0.29, 0.717) is 5.69 Å². The van der Waals surface area contributed by atoms with Crippen molar-refractivity contribution in [3.63, 3.8) is 0 Å². The van der Waals surface area contributed by atoms with Crippen molar-refractivity contribution in [3.8, 4) is 0 Å². The number of aryl methyl sites for hydroxylation is 1. The Hall–Kier alpha value is -1.29. The molecule has 0 aliphatic heterocycles. The number of rotatable bonds is 1. The molecular formula is C11H16N2O2. The average molecular weight is 208 g/mol. The van der Waals surface area contributed by atoms with Crippen molar-refractivity contribution < 1.29 is 9.53 Å². The summed E-state index contributed by atoms with van der Waals surface area (Å²) in [4.78, 5) is 14.6. The van der Waals surface area contributed by atoms with Gasteiger partial charge in [-0.3, -0.25) is 0 Å². The van der Waals surface area contributed by atoms with Crippen molar-refractivity contribution in [2.24, 2.45) is 5.73 Å². The molecule has 1 unspecified atom stereocenters. The van der Waals surface area contributed by atoms with Gasteiger partial charge in [0.15, 0.2) is 0 Å². The lowest BCUT2D eigenvalue weighted by Crippen LogP contribution is -2.17. The second kappa shape index (κ2) is 3.70. The highest BCUT2D eigenvalue weighted by molar-refractivity contribution is 5.89. The molecule has 4 heteroatoms. The van der Waals surface area contributed by atoms with Crippen LogP contribution in [-0.2, 0) is 11.2 Å². The van der Waals surface area contributed by atoms with Crippen LogP contribution in [0.3, 0.4) is 0 Å². The van der Waals surface area contributed by atoms with E-state index in [1.807, 2.05) is 6.92 Å². The van der Waals surface area contributed by atoms with Gasteiger partial charge in [-0.25, -0.2) is 4.79 Å². The molecule has 0 spiro atoms. The molecule has 1 heterocycles. The minimum absolute atomic E-state index is 0.0587. The van der Waals surface area contributed by atoms with E-state index < -0.39 is 0 Å². The zero-order chi connectivity index (χ0) is 11.0. The van der Waals surface area contributed by atoms with E-state index in [4.69, 9.17) is 10.5 Å². The Morgan fingerprint density at radius 2 is 2.33 bits per heavy atom. The Morgan fingerprint density at radius 3 is 2.93 bits per heavy atom. The van der Waals surface area contributed by atoms with Crippen molar-refractivity contribution >= 4 is 5.97 Å². The second-order valence-electron chi connectivity index (χ2n) is 4.01. The van der Waals surface area contributed by atoms with Gasteiger partial charge in [-0.05, 0) is 37.3 Å². The summed E-state index contributed by atoms with van der Waals surface area (Å²) >= 11 is 0. The van der Waals surface area contributed by atoms with Gasteiger partial charge in [-0.15, -0.1) is 0 Å². The van der Waals surface area contributed by atoms with Crippen LogP contribution in [0.2, 0.25) is 0 Å². The Balaban J connectivity index is 2.48. The fraction of sp³-hybridized carbons (Fsp3) is 0.545. The third-order valence-corrected chi connectivity index (χ3v) is 3.08. The first-order valence-corrected chi connectivity index (χ1v) is 5.20. The number of esters is 1. The highest BCUT2D eigenvalue weighted by atomic mass is 16.5. The molecule has 1 aliphatic carbocycles. The minimum atomic E-state index is -0.311. The average Bonchev–Trinajstić information content (AvgIpc) is 2.56. The van der Waals surface area contributed by atoms with Gasteiger partial charge in [0.25, 0.3) is 0 Å². The molecule has 1 aromatic rings. The Morgan fingerprint density at radius 1 is 1.60 bits per heavy atom. The summed E-state index contributed by atoms with van der Waals surface area (Å²) in [5.41, 5.74) is 9.75. The lowest BCUT2D eigenvalue weighted by molar-refractivity contribution is 0.0594. The Bertz CT molecular complexity index is 396. The number of nitrogens with one attached hydrogen (secondary N) is 1. The van der Waals surface area contributed by atoms with E-state index in [1.54, 1.807) is 0 Å². The molecule has 0 amide bonds. The molecule has 82 valence electrons. The third-order valence-electron chi connectivity index (χ3n) is 3.08. The maximum absolute atomic E-state index is 11.5. The predicted octanol–water partition coefficient (Wildman–Crippen LogP) is 1.45. The van der Waals surface area contributed by atoms with Gasteiger partial charge >= 0.3 is 5.97 Å². The molecule has 1 aliphatic rings. The quantitative estimate of drug-likeness (QED) is 0.686. The van der Waals surface area contributed by atoms with Crippen molar-refractivity contribution in [1.29, 1.82) is 0 Å². The Labute approximate surface area is 88.8 Å². The van der Waals surface area contributed by atoms with Gasteiger partial charge in [0.1, 0.15) is 5.69 Å². The highest BCUT2D eigenvalue weighted by Gasteiger charge is 2.25. The van der Waals surface area contributed by atoms with E-state index in [-0.39, 0.29) is 12.0 Å². The molecule has 0 aromatic carbocycles. The smallest absolute Gasteiger partial charge is 0.354 e. The monoisotopic (exact) mass is 208 g/mol. The molecule has 1 atom stereocenters. The minimum Gasteiger partial charge on any atom is -0.464 e. The van der Waals surface area contributed by atoms with Crippen LogP contribution in [0.1, 0.15) is 46.2 Å². The van der Waals surface area contributed by atoms with E-state index in [1.165, 1.54) is 7.11 Å². The summed E-state index contributed by atoms with van der Waals surface area (Å²) in [6.45, 7) is 1.92. The van der Waals surface area contributed by atoms with Crippen molar-refractivity contribution in [2.45, 2.75) is 32.2 Å². The van der Waals surface area contributed by atoms with Gasteiger partial charge in [-0.1, -0.05) is 0 Å². The zero-order valence-corrected chi connectivity index (χ0v) is 9.09. The van der Waals surface area contributed by atoms with Crippen LogP contribution in [0, 0.1) is 6.92 Å². The first kappa shape index (κ1) is 10.2. The molecule has 2 rings (SSSR count). The van der Waals surface area contributed by atoms with Crippen LogP contribution in [0.25, 0.3) is 0 Å². The van der Waals surface area contributed by atoms with Gasteiger partial charge in [-0.2, -0.15) is 0 Å². The normalized spacial score (nSPS) is 19.8. The van der Waals surface area contributed by atoms with Gasteiger partial charge < -0.3 is 15.5 Å². The van der Waals surface area contributed by atoms with E-state index >= 15 is 0 Å². The molecule has 0 saturated carbocycles. The fourth-order valence-corrected chi connectivity index (χ4v) is 2.32. The number of carbonyl (C=O) groups excluding carboxylic acids is 1. The number of hydrogen-bond acceptors (Lipinski definition) is 3. The molecule has 1 aromatic heterocycles. The summed E-state index contributed by atoms with van der Waals surface area (Å²) in [5.74, 6) is -0.311. The van der Waals surface area contributed by atoms with Crippen LogP contribution in [0.4, 0.5) is 0 Å². The van der Waals surface area contributed by atoms with E-state index in [9.17, 15) is 4.79 Å². The molecule has 0 fully saturated rings. The summed E-state index contributed by atoms with van der Waals surface area (Å²) < 4.78 is 4.72. The van der Waals surface area contributed by atoms with Gasteiger partial charge in [0.05, 0.1) is 7.11 Å². The highest BCUT2D eigenvalue weighted by Crippen LogP contribution is 2.32. The SMILES string of the molecule is COC(=O)c1[nH]c2c(c1C)C(N)CCC2. The van der Waals surface area contributed by atoms with Crippen LogP contribution >= 0.6 is 0 Å². The topological polar surface area (TPSA) is 68.1 Å². The molecule has 4 nitrogen and oxygen atoms in total. The second-order valence-corrected chi connectivity index (χ2v) is 4.01. The molecule has 0 saturated heterocycles. The largest absolute Gasteiger partial charge is 0.464 e. The van der Waals surface area contributed by atoms with Crippen molar-refractivity contribution in [2.75, 3.05) is 7.11 Å². The first-order valence-electron chi connectivity index (χ1n) is 5.20. The number of ether oxygens (including phenoxy) is 1. The molecule has 15 heavy (non-hydrogen) atoms. The zero-order valence-electron chi connectivity index (χ0n) is 9.09. The van der Waals surface area contributed by atoms with E-state index in [2.05, 4.69) is 4.98 Å². The number of carbonyl (C=O) groups is 1. The first-order chi connectivity index (χ1) is 7.15. The van der Waals surface area contributed by atoms with Crippen molar-refractivity contribution in [3.05, 3.63) is 22.5 Å². The summed E-state index contributed by atoms with van der Waals surface area (Å²) in [7, 11) is 1.39. The number of hydrogen-bond donors (Lipinski definition) is 2. The maximum Gasteiger partial charge on any atom is 0.354 e. The number of H-pyrrole nitrogens is 1. The molecular weight excluding hydrogens is 192 g/mol. The predicted molar refractivity (Wildman–Crippen MR) is 56.7 cm³/mol. The van der Waals surface area contributed by atoms with Crippen molar-refractivity contribution in [1.82, 2.24) is 4.98 Å².